The second-order valence-electron chi connectivity index (χ2n) is 22.7. The SMILES string of the molecule is CC(C)(C)C.CC(C)C.CCC(C)C.CCC(C)C.CCCCCC.CCCCCCC.c1ccc2c(c1)ccc1ccccc12.c1ccc2cc3ccccc3cc2c1.c1ccc2ccccc2c1.c1ccccc1. The molecular formula is C76H110. The molecular weight excluding hydrogens is 913 g/mol. The summed E-state index contributed by atoms with van der Waals surface area (Å²) in [7, 11) is 0. The molecule has 0 saturated heterocycles. The molecule has 0 bridgehead atoms. The molecule has 414 valence electrons. The van der Waals surface area contributed by atoms with Crippen molar-refractivity contribution in [3.63, 3.8) is 0 Å². The Kier molecular flexibility index (Phi) is 42.0. The molecule has 0 aliphatic carbocycles. The molecule has 0 aliphatic rings. The van der Waals surface area contributed by atoms with Crippen LogP contribution in [0.25, 0.3) is 53.9 Å². The van der Waals surface area contributed by atoms with Crippen LogP contribution in [0.3, 0.4) is 0 Å². The lowest BCUT2D eigenvalue weighted by Crippen LogP contribution is -1.93. The van der Waals surface area contributed by atoms with E-state index in [2.05, 4.69) is 288 Å². The summed E-state index contributed by atoms with van der Waals surface area (Å²) in [6.07, 6.45) is 15.2. The smallest absolute Gasteiger partial charge is 0.0105 e. The van der Waals surface area contributed by atoms with E-state index in [0.717, 1.165) is 17.8 Å². The minimum atomic E-state index is 0.500. The molecule has 0 spiro atoms. The average molecular weight is 1020 g/mol. The molecule has 76 heavy (non-hydrogen) atoms. The van der Waals surface area contributed by atoms with Crippen LogP contribution in [0.1, 0.15) is 188 Å². The second-order valence-corrected chi connectivity index (χ2v) is 22.7. The third kappa shape index (κ3) is 37.9. The van der Waals surface area contributed by atoms with E-state index in [1.165, 1.54) is 124 Å². The van der Waals surface area contributed by atoms with Gasteiger partial charge in [0.2, 0.25) is 0 Å². The summed E-state index contributed by atoms with van der Waals surface area (Å²) in [6.45, 7) is 37.5. The topological polar surface area (TPSA) is 0 Å². The van der Waals surface area contributed by atoms with Crippen LogP contribution in [0.2, 0.25) is 0 Å². The summed E-state index contributed by atoms with van der Waals surface area (Å²) < 4.78 is 0. The van der Waals surface area contributed by atoms with Crippen LogP contribution < -0.4 is 0 Å². The molecule has 0 nitrogen and oxygen atoms in total. The van der Waals surface area contributed by atoms with Gasteiger partial charge >= 0.3 is 0 Å². The summed E-state index contributed by atoms with van der Waals surface area (Å²) in [5, 5.41) is 13.2. The minimum Gasteiger partial charge on any atom is -0.0654 e. The highest BCUT2D eigenvalue weighted by molar-refractivity contribution is 6.07. The third-order valence-electron chi connectivity index (χ3n) is 11.4. The van der Waals surface area contributed by atoms with Crippen LogP contribution in [0, 0.1) is 23.2 Å². The van der Waals surface area contributed by atoms with E-state index in [0.29, 0.717) is 5.41 Å². The van der Waals surface area contributed by atoms with Gasteiger partial charge in [-0.25, -0.2) is 0 Å². The number of unbranched alkanes of at least 4 members (excludes halogenated alkanes) is 7. The second kappa shape index (κ2) is 45.5. The first-order valence-electron chi connectivity index (χ1n) is 29.6. The molecule has 0 unspecified atom stereocenters. The van der Waals surface area contributed by atoms with Crippen molar-refractivity contribution in [1.29, 1.82) is 0 Å². The molecule has 0 saturated carbocycles. The van der Waals surface area contributed by atoms with Crippen molar-refractivity contribution in [2.24, 2.45) is 23.2 Å². The van der Waals surface area contributed by atoms with Gasteiger partial charge in [0.15, 0.2) is 0 Å². The fourth-order valence-electron chi connectivity index (χ4n) is 6.53. The zero-order valence-corrected chi connectivity index (χ0v) is 51.6. The third-order valence-corrected chi connectivity index (χ3v) is 11.4. The monoisotopic (exact) mass is 1020 g/mol. The highest BCUT2D eigenvalue weighted by Crippen LogP contribution is 2.25. The quantitative estimate of drug-likeness (QED) is 0.0768. The maximum absolute atomic E-state index is 2.25. The van der Waals surface area contributed by atoms with Gasteiger partial charge in [-0.15, -0.1) is 0 Å². The lowest BCUT2D eigenvalue weighted by atomic mass is 10.0. The Hall–Kier alpha value is -5.72. The molecule has 0 fully saturated rings. The Morgan fingerprint density at radius 1 is 0.263 bits per heavy atom. The van der Waals surface area contributed by atoms with Gasteiger partial charge in [-0.1, -0.05) is 382 Å². The van der Waals surface area contributed by atoms with Crippen molar-refractivity contribution in [1.82, 2.24) is 0 Å². The first-order valence-corrected chi connectivity index (χ1v) is 29.6. The van der Waals surface area contributed by atoms with E-state index in [9.17, 15) is 0 Å². The van der Waals surface area contributed by atoms with Crippen LogP contribution in [0.4, 0.5) is 0 Å². The van der Waals surface area contributed by atoms with Gasteiger partial charge in [0.1, 0.15) is 0 Å². The summed E-state index contributed by atoms with van der Waals surface area (Å²) in [4.78, 5) is 0. The Morgan fingerprint density at radius 3 is 0.658 bits per heavy atom. The van der Waals surface area contributed by atoms with Crippen molar-refractivity contribution in [3.8, 4) is 0 Å². The van der Waals surface area contributed by atoms with Crippen LogP contribution >= 0.6 is 0 Å². The maximum Gasteiger partial charge on any atom is -0.0105 e. The van der Waals surface area contributed by atoms with Crippen molar-refractivity contribution < 1.29 is 0 Å². The minimum absolute atomic E-state index is 0.500. The highest BCUT2D eigenvalue weighted by atomic mass is 14.0. The Bertz CT molecular complexity index is 2380. The van der Waals surface area contributed by atoms with E-state index in [-0.39, 0.29) is 0 Å². The van der Waals surface area contributed by atoms with Crippen LogP contribution in [-0.2, 0) is 0 Å². The summed E-state index contributed by atoms with van der Waals surface area (Å²) in [5.74, 6) is 2.60. The van der Waals surface area contributed by atoms with Crippen LogP contribution in [0.5, 0.6) is 0 Å². The molecule has 9 aromatic carbocycles. The Labute approximate surface area is 469 Å². The van der Waals surface area contributed by atoms with Gasteiger partial charge in [0.25, 0.3) is 0 Å². The predicted molar refractivity (Wildman–Crippen MR) is 353 cm³/mol. The number of fused-ring (bicyclic) bond motifs is 6. The lowest BCUT2D eigenvalue weighted by molar-refractivity contribution is 0.469. The average Bonchev–Trinajstić information content (AvgIpc) is 3.43. The molecule has 0 aliphatic heterocycles. The number of hydrogen-bond donors (Lipinski definition) is 0. The van der Waals surface area contributed by atoms with E-state index >= 15 is 0 Å². The summed E-state index contributed by atoms with van der Waals surface area (Å²) >= 11 is 0. The van der Waals surface area contributed by atoms with Gasteiger partial charge in [-0.2, -0.15) is 0 Å². The Balaban J connectivity index is 0.000000853. The molecule has 0 amide bonds. The van der Waals surface area contributed by atoms with Crippen molar-refractivity contribution in [3.05, 3.63) is 206 Å². The van der Waals surface area contributed by atoms with Gasteiger partial charge in [-0.3, -0.25) is 0 Å². The normalized spacial score (nSPS) is 10.1. The highest BCUT2D eigenvalue weighted by Gasteiger charge is 1.98. The van der Waals surface area contributed by atoms with Crippen molar-refractivity contribution in [2.75, 3.05) is 0 Å². The summed E-state index contributed by atoms with van der Waals surface area (Å²) in [5.41, 5.74) is 0.500. The van der Waals surface area contributed by atoms with Crippen LogP contribution in [0.15, 0.2) is 206 Å². The maximum atomic E-state index is 2.25. The zero-order chi connectivity index (χ0) is 56.8. The molecule has 0 aromatic heterocycles. The molecule has 0 heterocycles. The van der Waals surface area contributed by atoms with E-state index in [1.807, 2.05) is 36.4 Å². The molecule has 9 rings (SSSR count). The van der Waals surface area contributed by atoms with Crippen molar-refractivity contribution in [2.45, 2.75) is 188 Å². The number of benzene rings is 9. The van der Waals surface area contributed by atoms with Crippen molar-refractivity contribution >= 4 is 53.9 Å². The number of rotatable bonds is 9. The lowest BCUT2D eigenvalue weighted by Gasteiger charge is -2.05. The first-order chi connectivity index (χ1) is 36.4. The molecule has 0 heteroatoms. The van der Waals surface area contributed by atoms with Gasteiger partial charge in [0.05, 0.1) is 0 Å². The Morgan fingerprint density at radius 2 is 0.447 bits per heavy atom. The number of hydrogen-bond acceptors (Lipinski definition) is 0. The van der Waals surface area contributed by atoms with Gasteiger partial charge < -0.3 is 0 Å². The summed E-state index contributed by atoms with van der Waals surface area (Å²) in [6, 6.07) is 71.5. The molecule has 0 atom stereocenters. The molecule has 9 aromatic rings. The van der Waals surface area contributed by atoms with Gasteiger partial charge in [0, 0.05) is 0 Å². The van der Waals surface area contributed by atoms with Gasteiger partial charge in [-0.05, 0) is 89.2 Å². The predicted octanol–water partition coefficient (Wildman–Crippen LogP) is 25.9. The van der Waals surface area contributed by atoms with E-state index in [4.69, 9.17) is 0 Å². The standard InChI is InChI=1S/2C14H10.C10H8.C7H16.C6H6.C6H14.3C5H12.C4H10/c1-3-7-13-11(5-1)9-10-12-6-2-4-8-14(12)13;1-2-6-12-10-14-8-4-3-7-13(14)9-11(12)5-1;1-2-6-10-8-4-3-7-9(10)5-1;1-3-5-7-6-4-2;1-2-4-6-5-3-1;1-3-5-6-4-2;1-5(2,3)4;2*1-4-5(2)3;1-4(2)3/h2*1-10H;1-8H;3-7H2,1-2H3;1-6H;3-6H2,1-2H3;1-4H3;2*5H,4H2,1-3H3;4H,1-3H3. The van der Waals surface area contributed by atoms with E-state index < -0.39 is 0 Å². The fraction of sp³-hybridized carbons (Fsp3) is 0.421. The fourth-order valence-corrected chi connectivity index (χ4v) is 6.53. The van der Waals surface area contributed by atoms with E-state index in [1.54, 1.807) is 0 Å². The molecule has 0 radical (unpaired) electrons. The molecule has 0 N–H and O–H groups in total. The zero-order valence-electron chi connectivity index (χ0n) is 51.6. The van der Waals surface area contributed by atoms with Crippen LogP contribution in [-0.4, -0.2) is 0 Å². The first kappa shape index (κ1) is 70.3. The largest absolute Gasteiger partial charge is 0.0654 e.